The van der Waals surface area contributed by atoms with Gasteiger partial charge in [-0.05, 0) is 49.1 Å². The SMILES string of the molecule is CCCNC(=O)[C@@H](C)N(Cc1ccccc1C)C(=O)Cc1cccc(Cl)c1. The van der Waals surface area contributed by atoms with Gasteiger partial charge >= 0.3 is 0 Å². The second-order valence-corrected chi connectivity index (χ2v) is 7.16. The summed E-state index contributed by atoms with van der Waals surface area (Å²) in [6.45, 7) is 6.78. The summed E-state index contributed by atoms with van der Waals surface area (Å²) in [6.07, 6.45) is 1.06. The van der Waals surface area contributed by atoms with E-state index in [9.17, 15) is 9.59 Å². The molecule has 27 heavy (non-hydrogen) atoms. The first-order valence-electron chi connectivity index (χ1n) is 9.28. The summed E-state index contributed by atoms with van der Waals surface area (Å²) in [7, 11) is 0. The Morgan fingerprint density at radius 1 is 1.15 bits per heavy atom. The van der Waals surface area contributed by atoms with Crippen LogP contribution in [0.3, 0.4) is 0 Å². The average molecular weight is 387 g/mol. The van der Waals surface area contributed by atoms with E-state index < -0.39 is 6.04 Å². The zero-order valence-electron chi connectivity index (χ0n) is 16.2. The molecule has 0 aromatic heterocycles. The number of rotatable bonds is 8. The third-order valence-corrected chi connectivity index (χ3v) is 4.80. The molecule has 0 heterocycles. The Hall–Kier alpha value is -2.33. The Morgan fingerprint density at radius 2 is 1.89 bits per heavy atom. The third-order valence-electron chi connectivity index (χ3n) is 4.56. The minimum Gasteiger partial charge on any atom is -0.354 e. The number of aryl methyl sites for hydroxylation is 1. The molecule has 1 N–H and O–H groups in total. The van der Waals surface area contributed by atoms with Crippen molar-refractivity contribution in [3.05, 3.63) is 70.2 Å². The molecular formula is C22H27ClN2O2. The van der Waals surface area contributed by atoms with Crippen LogP contribution in [0, 0.1) is 6.92 Å². The topological polar surface area (TPSA) is 49.4 Å². The van der Waals surface area contributed by atoms with E-state index in [2.05, 4.69) is 5.32 Å². The molecule has 0 fully saturated rings. The monoisotopic (exact) mass is 386 g/mol. The molecule has 0 unspecified atom stereocenters. The molecule has 144 valence electrons. The highest BCUT2D eigenvalue weighted by molar-refractivity contribution is 6.30. The van der Waals surface area contributed by atoms with E-state index in [0.717, 1.165) is 23.1 Å². The van der Waals surface area contributed by atoms with Gasteiger partial charge in [0.1, 0.15) is 6.04 Å². The molecule has 0 aliphatic heterocycles. The molecule has 0 radical (unpaired) electrons. The van der Waals surface area contributed by atoms with E-state index in [1.807, 2.05) is 50.2 Å². The lowest BCUT2D eigenvalue weighted by Crippen LogP contribution is -2.48. The highest BCUT2D eigenvalue weighted by Gasteiger charge is 2.26. The van der Waals surface area contributed by atoms with Crippen LogP contribution < -0.4 is 5.32 Å². The molecule has 2 aromatic rings. The van der Waals surface area contributed by atoms with Crippen LogP contribution in [0.1, 0.15) is 37.0 Å². The summed E-state index contributed by atoms with van der Waals surface area (Å²) < 4.78 is 0. The Bertz CT molecular complexity index is 791. The van der Waals surface area contributed by atoms with E-state index in [1.165, 1.54) is 0 Å². The van der Waals surface area contributed by atoms with Crippen LogP contribution >= 0.6 is 11.6 Å². The van der Waals surface area contributed by atoms with Crippen molar-refractivity contribution in [2.24, 2.45) is 0 Å². The molecule has 0 saturated carbocycles. The molecule has 2 amide bonds. The van der Waals surface area contributed by atoms with E-state index in [4.69, 9.17) is 11.6 Å². The number of halogens is 1. The molecule has 0 spiro atoms. The average Bonchev–Trinajstić information content (AvgIpc) is 2.64. The van der Waals surface area contributed by atoms with Gasteiger partial charge in [-0.1, -0.05) is 54.9 Å². The second-order valence-electron chi connectivity index (χ2n) is 6.72. The van der Waals surface area contributed by atoms with Gasteiger partial charge in [-0.25, -0.2) is 0 Å². The molecular weight excluding hydrogens is 360 g/mol. The number of amides is 2. The largest absolute Gasteiger partial charge is 0.354 e. The zero-order chi connectivity index (χ0) is 19.8. The van der Waals surface area contributed by atoms with Crippen LogP contribution in [0.25, 0.3) is 0 Å². The Kier molecular flexibility index (Phi) is 7.86. The molecule has 4 nitrogen and oxygen atoms in total. The van der Waals surface area contributed by atoms with Gasteiger partial charge in [0.2, 0.25) is 11.8 Å². The highest BCUT2D eigenvalue weighted by atomic mass is 35.5. The van der Waals surface area contributed by atoms with Crippen LogP contribution in [-0.4, -0.2) is 29.3 Å². The van der Waals surface area contributed by atoms with Gasteiger partial charge in [-0.15, -0.1) is 0 Å². The van der Waals surface area contributed by atoms with Crippen LogP contribution in [-0.2, 0) is 22.6 Å². The van der Waals surface area contributed by atoms with Gasteiger partial charge in [-0.2, -0.15) is 0 Å². The molecule has 0 aliphatic rings. The molecule has 0 bridgehead atoms. The fourth-order valence-corrected chi connectivity index (χ4v) is 3.09. The van der Waals surface area contributed by atoms with E-state index in [1.54, 1.807) is 24.0 Å². The summed E-state index contributed by atoms with van der Waals surface area (Å²) >= 11 is 6.04. The van der Waals surface area contributed by atoms with Crippen molar-refractivity contribution in [2.75, 3.05) is 6.54 Å². The van der Waals surface area contributed by atoms with E-state index in [-0.39, 0.29) is 18.2 Å². The maximum absolute atomic E-state index is 13.1. The van der Waals surface area contributed by atoms with Gasteiger partial charge in [0.15, 0.2) is 0 Å². The van der Waals surface area contributed by atoms with Crippen molar-refractivity contribution in [1.82, 2.24) is 10.2 Å². The van der Waals surface area contributed by atoms with Gasteiger partial charge in [0.25, 0.3) is 0 Å². The first-order chi connectivity index (χ1) is 12.9. The maximum Gasteiger partial charge on any atom is 0.242 e. The van der Waals surface area contributed by atoms with E-state index >= 15 is 0 Å². The predicted octanol–water partition coefficient (Wildman–Crippen LogP) is 4.13. The van der Waals surface area contributed by atoms with Gasteiger partial charge in [0, 0.05) is 18.1 Å². The Morgan fingerprint density at radius 3 is 2.56 bits per heavy atom. The molecule has 5 heteroatoms. The van der Waals surface area contributed by atoms with Crippen LogP contribution in [0.15, 0.2) is 48.5 Å². The lowest BCUT2D eigenvalue weighted by Gasteiger charge is -2.29. The quantitative estimate of drug-likeness (QED) is 0.741. The lowest BCUT2D eigenvalue weighted by atomic mass is 10.1. The van der Waals surface area contributed by atoms with Gasteiger partial charge in [-0.3, -0.25) is 9.59 Å². The first kappa shape index (κ1) is 21.0. The number of hydrogen-bond acceptors (Lipinski definition) is 2. The fourth-order valence-electron chi connectivity index (χ4n) is 2.87. The maximum atomic E-state index is 13.1. The van der Waals surface area contributed by atoms with Crippen molar-refractivity contribution in [3.8, 4) is 0 Å². The molecule has 1 atom stereocenters. The molecule has 2 rings (SSSR count). The first-order valence-corrected chi connectivity index (χ1v) is 9.66. The Balaban J connectivity index is 2.23. The standard InChI is InChI=1S/C22H27ClN2O2/c1-4-12-24-22(27)17(3)25(15-19-10-6-5-8-16(19)2)21(26)14-18-9-7-11-20(23)13-18/h5-11,13,17H,4,12,14-15H2,1-3H3,(H,24,27)/t17-/m1/s1. The minimum absolute atomic E-state index is 0.0975. The van der Waals surface area contributed by atoms with Crippen molar-refractivity contribution < 1.29 is 9.59 Å². The van der Waals surface area contributed by atoms with Crippen molar-refractivity contribution in [3.63, 3.8) is 0 Å². The molecule has 0 aliphatic carbocycles. The summed E-state index contributed by atoms with van der Waals surface area (Å²) in [5, 5.41) is 3.48. The zero-order valence-corrected chi connectivity index (χ0v) is 16.9. The normalized spacial score (nSPS) is 11.7. The van der Waals surface area contributed by atoms with Gasteiger partial charge in [0.05, 0.1) is 6.42 Å². The van der Waals surface area contributed by atoms with E-state index in [0.29, 0.717) is 18.1 Å². The number of nitrogens with zero attached hydrogens (tertiary/aromatic N) is 1. The number of nitrogens with one attached hydrogen (secondary N) is 1. The number of carbonyl (C=O) groups excluding carboxylic acids is 2. The second kappa shape index (κ2) is 10.1. The summed E-state index contributed by atoms with van der Waals surface area (Å²) in [5.41, 5.74) is 2.97. The van der Waals surface area contributed by atoms with Crippen LogP contribution in [0.4, 0.5) is 0 Å². The smallest absolute Gasteiger partial charge is 0.242 e. The minimum atomic E-state index is -0.553. The predicted molar refractivity (Wildman–Crippen MR) is 110 cm³/mol. The number of benzene rings is 2. The molecule has 0 saturated heterocycles. The third kappa shape index (κ3) is 6.10. The van der Waals surface area contributed by atoms with Gasteiger partial charge < -0.3 is 10.2 Å². The van der Waals surface area contributed by atoms with Crippen molar-refractivity contribution >= 4 is 23.4 Å². The summed E-state index contributed by atoms with van der Waals surface area (Å²) in [4.78, 5) is 27.2. The summed E-state index contributed by atoms with van der Waals surface area (Å²) in [5.74, 6) is -0.232. The van der Waals surface area contributed by atoms with Crippen LogP contribution in [0.2, 0.25) is 5.02 Å². The number of hydrogen-bond donors (Lipinski definition) is 1. The van der Waals surface area contributed by atoms with Crippen molar-refractivity contribution in [2.45, 2.75) is 46.2 Å². The number of carbonyl (C=O) groups is 2. The van der Waals surface area contributed by atoms with Crippen LogP contribution in [0.5, 0.6) is 0 Å². The summed E-state index contributed by atoms with van der Waals surface area (Å²) in [6, 6.07) is 14.6. The lowest BCUT2D eigenvalue weighted by molar-refractivity contribution is -0.140. The Labute approximate surface area is 166 Å². The molecule has 2 aromatic carbocycles. The fraction of sp³-hybridized carbons (Fsp3) is 0.364. The highest BCUT2D eigenvalue weighted by Crippen LogP contribution is 2.17. The van der Waals surface area contributed by atoms with Crippen molar-refractivity contribution in [1.29, 1.82) is 0 Å².